The van der Waals surface area contributed by atoms with Gasteiger partial charge in [-0.1, -0.05) is 47.5 Å². The second-order valence-electron chi connectivity index (χ2n) is 9.71. The normalized spacial score (nSPS) is 33.9. The van der Waals surface area contributed by atoms with Gasteiger partial charge >= 0.3 is 0 Å². The van der Waals surface area contributed by atoms with Crippen molar-refractivity contribution >= 4 is 11.6 Å². The fraction of sp³-hybridized carbons (Fsp3) is 0.480. The maximum Gasteiger partial charge on any atom is 0.230 e. The lowest BCUT2D eigenvalue weighted by molar-refractivity contribution is -0.143. The molecule has 0 aromatic heterocycles. The van der Waals surface area contributed by atoms with Crippen LogP contribution in [0.3, 0.4) is 0 Å². The summed E-state index contributed by atoms with van der Waals surface area (Å²) < 4.78 is 0. The first-order valence-electron chi connectivity index (χ1n) is 10.4. The molecule has 6 rings (SSSR count). The average molecular weight is 360 g/mol. The van der Waals surface area contributed by atoms with E-state index in [0.717, 1.165) is 24.9 Å². The number of aryl methyl sites for hydroxylation is 2. The summed E-state index contributed by atoms with van der Waals surface area (Å²) in [4.78, 5) is 13.5. The molecule has 140 valence electrons. The number of hydrogen-bond acceptors (Lipinski definition) is 1. The number of nitrogens with one attached hydrogen (secondary N) is 1. The summed E-state index contributed by atoms with van der Waals surface area (Å²) in [6, 6.07) is 17.3. The largest absolute Gasteiger partial charge is 0.326 e. The molecule has 4 fully saturated rings. The van der Waals surface area contributed by atoms with Gasteiger partial charge in [-0.15, -0.1) is 0 Å². The highest BCUT2D eigenvalue weighted by Crippen LogP contribution is 2.66. The maximum absolute atomic E-state index is 13.5. The van der Waals surface area contributed by atoms with Crippen LogP contribution >= 0.6 is 0 Å². The fourth-order valence-corrected chi connectivity index (χ4v) is 6.67. The Morgan fingerprint density at radius 2 is 1.41 bits per heavy atom. The van der Waals surface area contributed by atoms with E-state index >= 15 is 0 Å². The van der Waals surface area contributed by atoms with E-state index in [1.54, 1.807) is 0 Å². The lowest BCUT2D eigenvalue weighted by atomic mass is 9.42. The summed E-state index contributed by atoms with van der Waals surface area (Å²) in [7, 11) is 0. The zero-order chi connectivity index (χ0) is 18.6. The van der Waals surface area contributed by atoms with Crippen LogP contribution in [0.15, 0.2) is 48.5 Å². The van der Waals surface area contributed by atoms with Crippen molar-refractivity contribution in [2.75, 3.05) is 5.32 Å². The molecule has 2 aromatic rings. The highest BCUT2D eigenvalue weighted by atomic mass is 16.2. The van der Waals surface area contributed by atoms with Gasteiger partial charge in [0.25, 0.3) is 0 Å². The Kier molecular flexibility index (Phi) is 3.76. The number of carbonyl (C=O) groups is 1. The van der Waals surface area contributed by atoms with Crippen molar-refractivity contribution in [3.05, 3.63) is 65.2 Å². The highest BCUT2D eigenvalue weighted by Gasteiger charge is 2.60. The average Bonchev–Trinajstić information content (AvgIpc) is 2.63. The first kappa shape index (κ1) is 17.0. The van der Waals surface area contributed by atoms with Gasteiger partial charge in [0.2, 0.25) is 5.91 Å². The molecule has 0 unspecified atom stereocenters. The SMILES string of the molecule is Cc1ccc(NC(=O)C23C[C@H]4C[C@H](C2)CC(c2ccc(C)cc2)(C4)C3)cc1. The summed E-state index contributed by atoms with van der Waals surface area (Å²) >= 11 is 0. The molecule has 2 heteroatoms. The van der Waals surface area contributed by atoms with Gasteiger partial charge in [0.1, 0.15) is 0 Å². The van der Waals surface area contributed by atoms with Crippen LogP contribution in [0.5, 0.6) is 0 Å². The third kappa shape index (κ3) is 2.81. The van der Waals surface area contributed by atoms with Crippen molar-refractivity contribution < 1.29 is 4.79 Å². The minimum atomic E-state index is -0.181. The van der Waals surface area contributed by atoms with Crippen molar-refractivity contribution in [3.63, 3.8) is 0 Å². The molecular formula is C25H29NO. The molecule has 1 amide bonds. The number of anilines is 1. The molecule has 0 saturated heterocycles. The van der Waals surface area contributed by atoms with Crippen LogP contribution in [0, 0.1) is 31.1 Å². The molecular weight excluding hydrogens is 330 g/mol. The van der Waals surface area contributed by atoms with Crippen LogP contribution in [-0.4, -0.2) is 5.91 Å². The monoisotopic (exact) mass is 359 g/mol. The Morgan fingerprint density at radius 1 is 0.852 bits per heavy atom. The lowest BCUT2D eigenvalue weighted by Gasteiger charge is -2.61. The highest BCUT2D eigenvalue weighted by molar-refractivity contribution is 5.95. The molecule has 4 bridgehead atoms. The van der Waals surface area contributed by atoms with Crippen LogP contribution < -0.4 is 5.32 Å². The number of carbonyl (C=O) groups excluding carboxylic acids is 1. The van der Waals surface area contributed by atoms with Crippen molar-refractivity contribution in [2.24, 2.45) is 17.3 Å². The van der Waals surface area contributed by atoms with E-state index in [1.165, 1.54) is 36.0 Å². The Morgan fingerprint density at radius 3 is 2.00 bits per heavy atom. The topological polar surface area (TPSA) is 29.1 Å². The first-order valence-corrected chi connectivity index (χ1v) is 10.4. The summed E-state index contributed by atoms with van der Waals surface area (Å²) in [6.45, 7) is 4.23. The van der Waals surface area contributed by atoms with E-state index in [-0.39, 0.29) is 16.7 Å². The fourth-order valence-electron chi connectivity index (χ4n) is 6.67. The van der Waals surface area contributed by atoms with E-state index in [2.05, 4.69) is 55.6 Å². The Labute approximate surface area is 162 Å². The van der Waals surface area contributed by atoms with Gasteiger partial charge in [0.15, 0.2) is 0 Å². The van der Waals surface area contributed by atoms with E-state index in [4.69, 9.17) is 0 Å². The Hall–Kier alpha value is -2.09. The first-order chi connectivity index (χ1) is 13.0. The van der Waals surface area contributed by atoms with Crippen molar-refractivity contribution in [2.45, 2.75) is 57.8 Å². The quantitative estimate of drug-likeness (QED) is 0.739. The molecule has 0 aliphatic heterocycles. The minimum absolute atomic E-state index is 0.181. The molecule has 0 radical (unpaired) electrons. The summed E-state index contributed by atoms with van der Waals surface area (Å²) in [5.41, 5.74) is 4.97. The molecule has 1 N–H and O–H groups in total. The van der Waals surface area contributed by atoms with Crippen LogP contribution in [0.1, 0.15) is 55.2 Å². The molecule has 4 aliphatic rings. The second-order valence-corrected chi connectivity index (χ2v) is 9.71. The summed E-state index contributed by atoms with van der Waals surface area (Å²) in [6.07, 6.45) is 7.04. The van der Waals surface area contributed by atoms with Crippen molar-refractivity contribution in [1.29, 1.82) is 0 Å². The maximum atomic E-state index is 13.5. The van der Waals surface area contributed by atoms with E-state index in [1.807, 2.05) is 12.1 Å². The summed E-state index contributed by atoms with van der Waals surface area (Å²) in [5.74, 6) is 1.67. The van der Waals surface area contributed by atoms with Crippen LogP contribution in [0.25, 0.3) is 0 Å². The third-order valence-corrected chi connectivity index (χ3v) is 7.52. The molecule has 27 heavy (non-hydrogen) atoms. The van der Waals surface area contributed by atoms with Crippen molar-refractivity contribution in [1.82, 2.24) is 0 Å². The van der Waals surface area contributed by atoms with E-state index < -0.39 is 0 Å². The van der Waals surface area contributed by atoms with Crippen molar-refractivity contribution in [3.8, 4) is 0 Å². The molecule has 4 saturated carbocycles. The van der Waals surface area contributed by atoms with Gasteiger partial charge < -0.3 is 5.32 Å². The molecule has 2 atom stereocenters. The van der Waals surface area contributed by atoms with Gasteiger partial charge in [-0.2, -0.15) is 0 Å². The van der Waals surface area contributed by atoms with Gasteiger partial charge in [0.05, 0.1) is 5.41 Å². The minimum Gasteiger partial charge on any atom is -0.326 e. The smallest absolute Gasteiger partial charge is 0.230 e. The van der Waals surface area contributed by atoms with Gasteiger partial charge in [-0.3, -0.25) is 4.79 Å². The number of benzene rings is 2. The van der Waals surface area contributed by atoms with Gasteiger partial charge in [0, 0.05) is 5.69 Å². The van der Waals surface area contributed by atoms with Crippen LogP contribution in [-0.2, 0) is 10.2 Å². The van der Waals surface area contributed by atoms with E-state index in [0.29, 0.717) is 11.8 Å². The van der Waals surface area contributed by atoms with Gasteiger partial charge in [-0.25, -0.2) is 0 Å². The lowest BCUT2D eigenvalue weighted by Crippen LogP contribution is -2.57. The Balaban J connectivity index is 1.46. The zero-order valence-electron chi connectivity index (χ0n) is 16.4. The second kappa shape index (κ2) is 5.95. The number of amides is 1. The summed E-state index contributed by atoms with van der Waals surface area (Å²) in [5, 5.41) is 3.27. The van der Waals surface area contributed by atoms with Crippen LogP contribution in [0.4, 0.5) is 5.69 Å². The molecule has 4 aliphatic carbocycles. The van der Waals surface area contributed by atoms with Crippen LogP contribution in [0.2, 0.25) is 0 Å². The van der Waals surface area contributed by atoms with Gasteiger partial charge in [-0.05, 0) is 87.3 Å². The molecule has 2 aromatic carbocycles. The zero-order valence-corrected chi connectivity index (χ0v) is 16.4. The molecule has 2 nitrogen and oxygen atoms in total. The number of hydrogen-bond donors (Lipinski definition) is 1. The predicted molar refractivity (Wildman–Crippen MR) is 110 cm³/mol. The molecule has 0 spiro atoms. The third-order valence-electron chi connectivity index (χ3n) is 7.52. The number of rotatable bonds is 3. The van der Waals surface area contributed by atoms with E-state index in [9.17, 15) is 4.79 Å². The Bertz CT molecular complexity index is 850. The molecule has 0 heterocycles. The standard InChI is InChI=1S/C25H29NO/c1-17-3-7-21(8-4-17)24-12-19-11-20(13-24)15-25(14-19,16-24)23(27)26-22-9-5-18(2)6-10-22/h3-10,19-20H,11-16H2,1-2H3,(H,26,27)/t19-,20-,24?,25?/m0/s1. The predicted octanol–water partition coefficient (Wildman–Crippen LogP) is 5.78.